The van der Waals surface area contributed by atoms with Crippen LogP contribution in [0.15, 0.2) is 0 Å². The van der Waals surface area contributed by atoms with Gasteiger partial charge in [0.1, 0.15) is 5.60 Å². The Bertz CT molecular complexity index is 104. The predicted molar refractivity (Wildman–Crippen MR) is 32.0 cm³/mol. The molecule has 0 unspecified atom stereocenters. The lowest BCUT2D eigenvalue weighted by Crippen LogP contribution is -2.32. The van der Waals surface area contributed by atoms with Crippen LogP contribution >= 0.6 is 0 Å². The van der Waals surface area contributed by atoms with Crippen molar-refractivity contribution in [3.63, 3.8) is 0 Å². The molecule has 1 fully saturated rings. The van der Waals surface area contributed by atoms with E-state index < -0.39 is 5.60 Å². The van der Waals surface area contributed by atoms with Crippen molar-refractivity contribution < 1.29 is 14.6 Å². The summed E-state index contributed by atoms with van der Waals surface area (Å²) in [5.41, 5.74) is -0.459. The van der Waals surface area contributed by atoms with Gasteiger partial charge < -0.3 is 14.6 Å². The van der Waals surface area contributed by atoms with Crippen LogP contribution in [0.4, 0.5) is 0 Å². The fourth-order valence-electron chi connectivity index (χ4n) is 0.845. The van der Waals surface area contributed by atoms with E-state index in [4.69, 9.17) is 14.6 Å². The monoisotopic (exact) mass is 132 g/mol. The van der Waals surface area contributed by atoms with Crippen LogP contribution in [0, 0.1) is 0 Å². The summed E-state index contributed by atoms with van der Waals surface area (Å²) in [5.74, 6) is 0. The van der Waals surface area contributed by atoms with Crippen LogP contribution in [0.3, 0.4) is 0 Å². The molecular weight excluding hydrogens is 120 g/mol. The Labute approximate surface area is 54.6 Å². The average Bonchev–Trinajstić information content (AvgIpc) is 2.13. The fraction of sp³-hybridized carbons (Fsp3) is 1.00. The molecule has 0 saturated carbocycles. The molecule has 0 radical (unpaired) electrons. The molecule has 1 aliphatic heterocycles. The molecule has 54 valence electrons. The summed E-state index contributed by atoms with van der Waals surface area (Å²) in [6.07, 6.45) is -0.165. The lowest BCUT2D eigenvalue weighted by Gasteiger charge is -2.17. The molecule has 9 heavy (non-hydrogen) atoms. The van der Waals surface area contributed by atoms with Gasteiger partial charge in [-0.15, -0.1) is 0 Å². The highest BCUT2D eigenvalue weighted by Gasteiger charge is 2.33. The van der Waals surface area contributed by atoms with Gasteiger partial charge in [-0.05, 0) is 13.8 Å². The molecule has 1 heterocycles. The summed E-state index contributed by atoms with van der Waals surface area (Å²) in [5, 5.41) is 8.74. The molecule has 0 aromatic heterocycles. The van der Waals surface area contributed by atoms with Gasteiger partial charge in [0.05, 0.1) is 13.2 Å². The second kappa shape index (κ2) is 2.25. The van der Waals surface area contributed by atoms with Gasteiger partial charge in [0, 0.05) is 0 Å². The molecule has 2 atom stereocenters. The molecule has 0 bridgehead atoms. The van der Waals surface area contributed by atoms with Gasteiger partial charge in [-0.1, -0.05) is 0 Å². The quantitative estimate of drug-likeness (QED) is 0.551. The first kappa shape index (κ1) is 6.99. The van der Waals surface area contributed by atoms with E-state index in [2.05, 4.69) is 0 Å². The molecule has 0 amide bonds. The van der Waals surface area contributed by atoms with Crippen LogP contribution in [0.1, 0.15) is 13.8 Å². The largest absolute Gasteiger partial charge is 0.393 e. The van der Waals surface area contributed by atoms with E-state index in [1.807, 2.05) is 13.8 Å². The Morgan fingerprint density at radius 1 is 1.78 bits per heavy atom. The summed E-state index contributed by atoms with van der Waals surface area (Å²) in [6, 6.07) is 0. The molecule has 0 aromatic carbocycles. The third kappa shape index (κ3) is 1.41. The van der Waals surface area contributed by atoms with Gasteiger partial charge in [-0.3, -0.25) is 0 Å². The van der Waals surface area contributed by atoms with E-state index >= 15 is 0 Å². The predicted octanol–water partition coefficient (Wildman–Crippen LogP) is 0.130. The summed E-state index contributed by atoms with van der Waals surface area (Å²) in [4.78, 5) is 0. The molecule has 0 aliphatic carbocycles. The Kier molecular flexibility index (Phi) is 1.75. The van der Waals surface area contributed by atoms with Crippen LogP contribution in [-0.2, 0) is 9.47 Å². The first-order valence-corrected chi connectivity index (χ1v) is 3.06. The molecule has 0 spiro atoms. The van der Waals surface area contributed by atoms with Gasteiger partial charge in [0.15, 0.2) is 6.29 Å². The van der Waals surface area contributed by atoms with Crippen molar-refractivity contribution in [1.29, 1.82) is 0 Å². The number of ether oxygens (including phenoxy) is 2. The molecule has 1 aliphatic rings. The number of aliphatic hydroxyl groups is 1. The zero-order valence-corrected chi connectivity index (χ0v) is 5.76. The zero-order valence-electron chi connectivity index (χ0n) is 5.76. The van der Waals surface area contributed by atoms with Crippen LogP contribution in [0.5, 0.6) is 0 Å². The van der Waals surface area contributed by atoms with Gasteiger partial charge in [-0.2, -0.15) is 0 Å². The third-order valence-electron chi connectivity index (χ3n) is 1.41. The average molecular weight is 132 g/mol. The van der Waals surface area contributed by atoms with E-state index in [1.165, 1.54) is 0 Å². The summed E-state index contributed by atoms with van der Waals surface area (Å²) >= 11 is 0. The first-order valence-electron chi connectivity index (χ1n) is 3.06. The Balaban J connectivity index is 2.45. The highest BCUT2D eigenvalue weighted by molar-refractivity contribution is 4.77. The Morgan fingerprint density at radius 3 is 2.67 bits per heavy atom. The van der Waals surface area contributed by atoms with E-state index in [0.29, 0.717) is 6.61 Å². The van der Waals surface area contributed by atoms with Crippen molar-refractivity contribution in [3.05, 3.63) is 0 Å². The molecule has 1 N–H and O–H groups in total. The van der Waals surface area contributed by atoms with Crippen molar-refractivity contribution >= 4 is 0 Å². The van der Waals surface area contributed by atoms with Crippen molar-refractivity contribution in [3.8, 4) is 0 Å². The third-order valence-corrected chi connectivity index (χ3v) is 1.41. The van der Waals surface area contributed by atoms with Gasteiger partial charge in [-0.25, -0.2) is 0 Å². The van der Waals surface area contributed by atoms with Gasteiger partial charge in [0.2, 0.25) is 0 Å². The summed E-state index contributed by atoms with van der Waals surface area (Å²) < 4.78 is 10.3. The van der Waals surface area contributed by atoms with E-state index in [9.17, 15) is 0 Å². The number of hydrogen-bond donors (Lipinski definition) is 1. The van der Waals surface area contributed by atoms with Crippen molar-refractivity contribution in [2.75, 3.05) is 13.2 Å². The zero-order chi connectivity index (χ0) is 6.91. The fourth-order valence-corrected chi connectivity index (χ4v) is 0.845. The molecule has 1 rings (SSSR count). The Hall–Kier alpha value is -0.120. The lowest BCUT2D eigenvalue weighted by molar-refractivity contribution is -0.0858. The minimum Gasteiger partial charge on any atom is -0.393 e. The smallest absolute Gasteiger partial charge is 0.155 e. The topological polar surface area (TPSA) is 38.7 Å². The first-order chi connectivity index (χ1) is 4.16. The molecule has 3 nitrogen and oxygen atoms in total. The molecule has 1 saturated heterocycles. The van der Waals surface area contributed by atoms with E-state index in [-0.39, 0.29) is 12.9 Å². The minimum atomic E-state index is -0.459. The minimum absolute atomic E-state index is 0.0251. The standard InChI is InChI=1S/C6H12O3/c1-5-8-4-6(2,3-7)9-5/h5,7H,3-4H2,1-2H3/t5-,6-/m1/s1. The normalized spacial score (nSPS) is 43.7. The van der Waals surface area contributed by atoms with Crippen LogP contribution < -0.4 is 0 Å². The SMILES string of the molecule is C[C@@H]1OC[C@@](C)(CO)O1. The highest BCUT2D eigenvalue weighted by atomic mass is 16.7. The van der Waals surface area contributed by atoms with E-state index in [1.54, 1.807) is 0 Å². The number of hydrogen-bond acceptors (Lipinski definition) is 3. The van der Waals surface area contributed by atoms with Crippen LogP contribution in [0.2, 0.25) is 0 Å². The maximum absolute atomic E-state index is 8.74. The van der Waals surface area contributed by atoms with Crippen LogP contribution in [-0.4, -0.2) is 30.2 Å². The second-order valence-electron chi connectivity index (χ2n) is 2.60. The molecule has 0 aromatic rings. The van der Waals surface area contributed by atoms with E-state index in [0.717, 1.165) is 0 Å². The van der Waals surface area contributed by atoms with Crippen molar-refractivity contribution in [1.82, 2.24) is 0 Å². The second-order valence-corrected chi connectivity index (χ2v) is 2.60. The Morgan fingerprint density at radius 2 is 2.44 bits per heavy atom. The van der Waals surface area contributed by atoms with Gasteiger partial charge in [0.25, 0.3) is 0 Å². The number of rotatable bonds is 1. The maximum Gasteiger partial charge on any atom is 0.155 e. The lowest BCUT2D eigenvalue weighted by atomic mass is 10.1. The molecular formula is C6H12O3. The highest BCUT2D eigenvalue weighted by Crippen LogP contribution is 2.21. The molecule has 3 heteroatoms. The summed E-state index contributed by atoms with van der Waals surface area (Å²) in [6.45, 7) is 4.17. The van der Waals surface area contributed by atoms with Gasteiger partial charge >= 0.3 is 0 Å². The van der Waals surface area contributed by atoms with Crippen molar-refractivity contribution in [2.24, 2.45) is 0 Å². The van der Waals surface area contributed by atoms with Crippen molar-refractivity contribution in [2.45, 2.75) is 25.7 Å². The maximum atomic E-state index is 8.74. The summed E-state index contributed by atoms with van der Waals surface area (Å²) in [7, 11) is 0. The number of aliphatic hydroxyl groups excluding tert-OH is 1. The van der Waals surface area contributed by atoms with Crippen LogP contribution in [0.25, 0.3) is 0 Å².